The minimum absolute atomic E-state index is 0.0308. The fourth-order valence-electron chi connectivity index (χ4n) is 3.42. The van der Waals surface area contributed by atoms with Gasteiger partial charge in [0.1, 0.15) is 0 Å². The molecule has 0 spiro atoms. The van der Waals surface area contributed by atoms with Crippen molar-refractivity contribution in [2.45, 2.75) is 31.1 Å². The van der Waals surface area contributed by atoms with Gasteiger partial charge in [-0.1, -0.05) is 81.4 Å². The van der Waals surface area contributed by atoms with Crippen LogP contribution in [0.25, 0.3) is 22.0 Å². The van der Waals surface area contributed by atoms with E-state index < -0.39 is 10.0 Å². The fourth-order valence-corrected chi connectivity index (χ4v) is 4.43. The summed E-state index contributed by atoms with van der Waals surface area (Å²) in [6.45, 7) is 6.31. The zero-order valence-corrected chi connectivity index (χ0v) is 17.6. The molecule has 1 heterocycles. The number of para-hydroxylation sites is 1. The Bertz CT molecular complexity index is 1250. The highest BCUT2D eigenvalue weighted by atomic mass is 32.2. The van der Waals surface area contributed by atoms with Crippen molar-refractivity contribution < 1.29 is 8.42 Å². The fraction of sp³-hybridized carbons (Fsp3) is 0.167. The van der Waals surface area contributed by atoms with Gasteiger partial charge >= 0.3 is 0 Å². The molecule has 29 heavy (non-hydrogen) atoms. The Labute approximate surface area is 171 Å². The second-order valence-corrected chi connectivity index (χ2v) is 9.83. The molecule has 148 valence electrons. The molecule has 0 aliphatic rings. The van der Waals surface area contributed by atoms with Crippen LogP contribution in [-0.2, 0) is 15.4 Å². The molecular formula is C24H24N2O2S. The Morgan fingerprint density at radius 1 is 0.793 bits per heavy atom. The molecule has 4 aromatic rings. The largest absolute Gasteiger partial charge is 0.275 e. The van der Waals surface area contributed by atoms with E-state index in [4.69, 9.17) is 0 Å². The third-order valence-electron chi connectivity index (χ3n) is 5.05. The minimum atomic E-state index is -3.72. The first-order valence-corrected chi connectivity index (χ1v) is 11.0. The van der Waals surface area contributed by atoms with Crippen molar-refractivity contribution in [2.24, 2.45) is 0 Å². The third kappa shape index (κ3) is 3.78. The number of aromatic nitrogens is 1. The van der Waals surface area contributed by atoms with Gasteiger partial charge in [0.15, 0.2) is 0 Å². The average molecular weight is 405 g/mol. The third-order valence-corrected chi connectivity index (χ3v) is 6.38. The SMILES string of the molecule is CC(C)(C)c1ccc(S(=O)(=O)Nn2cc(-c3ccccc3)c3ccccc32)cc1. The van der Waals surface area contributed by atoms with Gasteiger partial charge in [0.05, 0.1) is 10.4 Å². The van der Waals surface area contributed by atoms with Gasteiger partial charge in [-0.3, -0.25) is 4.68 Å². The molecule has 1 N–H and O–H groups in total. The Balaban J connectivity index is 1.74. The Morgan fingerprint density at radius 3 is 2.07 bits per heavy atom. The van der Waals surface area contributed by atoms with Crippen molar-refractivity contribution in [1.29, 1.82) is 0 Å². The molecular weight excluding hydrogens is 380 g/mol. The van der Waals surface area contributed by atoms with Crippen LogP contribution >= 0.6 is 0 Å². The van der Waals surface area contributed by atoms with Gasteiger partial charge in [-0.05, 0) is 34.7 Å². The van der Waals surface area contributed by atoms with Crippen LogP contribution in [0.2, 0.25) is 0 Å². The first-order valence-electron chi connectivity index (χ1n) is 9.55. The smallest absolute Gasteiger partial charge is 0.253 e. The lowest BCUT2D eigenvalue weighted by atomic mass is 9.87. The molecule has 0 amide bonds. The predicted molar refractivity (Wildman–Crippen MR) is 119 cm³/mol. The van der Waals surface area contributed by atoms with Crippen LogP contribution < -0.4 is 4.83 Å². The molecule has 0 atom stereocenters. The van der Waals surface area contributed by atoms with Crippen LogP contribution in [0.1, 0.15) is 26.3 Å². The van der Waals surface area contributed by atoms with Crippen molar-refractivity contribution in [3.05, 3.63) is 90.6 Å². The lowest BCUT2D eigenvalue weighted by Crippen LogP contribution is -2.22. The van der Waals surface area contributed by atoms with Gasteiger partial charge < -0.3 is 0 Å². The van der Waals surface area contributed by atoms with Crippen LogP contribution in [0.15, 0.2) is 90.0 Å². The zero-order chi connectivity index (χ0) is 20.6. The summed E-state index contributed by atoms with van der Waals surface area (Å²) in [5, 5.41) is 0.990. The molecule has 0 radical (unpaired) electrons. The Kier molecular flexibility index (Phi) is 4.71. The molecule has 1 aromatic heterocycles. The van der Waals surface area contributed by atoms with Gasteiger partial charge in [0, 0.05) is 17.1 Å². The quantitative estimate of drug-likeness (QED) is 0.486. The van der Waals surface area contributed by atoms with E-state index in [9.17, 15) is 8.42 Å². The maximum absolute atomic E-state index is 13.0. The standard InChI is InChI=1S/C24H24N2O2S/c1-24(2,3)19-13-15-20(16-14-19)29(27,28)25-26-17-22(18-9-5-4-6-10-18)21-11-7-8-12-23(21)26/h4-17,25H,1-3H3. The van der Waals surface area contributed by atoms with Crippen molar-refractivity contribution >= 4 is 20.9 Å². The summed E-state index contributed by atoms with van der Waals surface area (Å²) in [5.41, 5.74) is 3.88. The van der Waals surface area contributed by atoms with Gasteiger partial charge in [-0.15, -0.1) is 0 Å². The average Bonchev–Trinajstić information content (AvgIpc) is 3.06. The topological polar surface area (TPSA) is 51.1 Å². The molecule has 0 fully saturated rings. The van der Waals surface area contributed by atoms with E-state index >= 15 is 0 Å². The monoisotopic (exact) mass is 404 g/mol. The molecule has 0 saturated heterocycles. The van der Waals surface area contributed by atoms with Crippen LogP contribution in [0.5, 0.6) is 0 Å². The van der Waals surface area contributed by atoms with Crippen molar-refractivity contribution in [2.75, 3.05) is 4.83 Å². The van der Waals surface area contributed by atoms with Gasteiger partial charge in [0.25, 0.3) is 10.0 Å². The van der Waals surface area contributed by atoms with Gasteiger partial charge in [-0.2, -0.15) is 8.42 Å². The van der Waals surface area contributed by atoms with E-state index in [1.54, 1.807) is 16.8 Å². The summed E-state index contributed by atoms with van der Waals surface area (Å²) >= 11 is 0. The van der Waals surface area contributed by atoms with Gasteiger partial charge in [-0.25, -0.2) is 4.83 Å². The molecule has 0 saturated carbocycles. The maximum Gasteiger partial charge on any atom is 0.275 e. The molecule has 0 unspecified atom stereocenters. The van der Waals surface area contributed by atoms with Crippen LogP contribution in [0.4, 0.5) is 0 Å². The van der Waals surface area contributed by atoms with E-state index in [-0.39, 0.29) is 10.3 Å². The first-order chi connectivity index (χ1) is 13.8. The highest BCUT2D eigenvalue weighted by Gasteiger charge is 2.19. The van der Waals surface area contributed by atoms with Crippen molar-refractivity contribution in [3.8, 4) is 11.1 Å². The van der Waals surface area contributed by atoms with Crippen LogP contribution in [-0.4, -0.2) is 13.1 Å². The normalized spacial score (nSPS) is 12.2. The number of benzene rings is 3. The second kappa shape index (κ2) is 7.08. The summed E-state index contributed by atoms with van der Waals surface area (Å²) in [6, 6.07) is 24.8. The lowest BCUT2D eigenvalue weighted by molar-refractivity contribution is 0.586. The summed E-state index contributed by atoms with van der Waals surface area (Å²) in [7, 11) is -3.72. The number of hydrogen-bond acceptors (Lipinski definition) is 2. The predicted octanol–water partition coefficient (Wildman–Crippen LogP) is 5.54. The number of sulfonamides is 1. The molecule has 0 aliphatic heterocycles. The summed E-state index contributed by atoms with van der Waals surface area (Å²) in [5.74, 6) is 0. The molecule has 4 rings (SSSR count). The molecule has 0 aliphatic carbocycles. The van der Waals surface area contributed by atoms with E-state index in [0.717, 1.165) is 27.6 Å². The molecule has 0 bridgehead atoms. The Morgan fingerprint density at radius 2 is 1.41 bits per heavy atom. The lowest BCUT2D eigenvalue weighted by Gasteiger charge is -2.19. The Hall–Kier alpha value is -3.05. The number of nitrogens with one attached hydrogen (secondary N) is 1. The summed E-state index contributed by atoms with van der Waals surface area (Å²) in [4.78, 5) is 2.96. The van der Waals surface area contributed by atoms with Crippen LogP contribution in [0.3, 0.4) is 0 Å². The highest BCUT2D eigenvalue weighted by molar-refractivity contribution is 7.92. The number of nitrogens with zero attached hydrogens (tertiary/aromatic N) is 1. The van der Waals surface area contributed by atoms with Crippen LogP contribution in [0, 0.1) is 0 Å². The van der Waals surface area contributed by atoms with Crippen molar-refractivity contribution in [1.82, 2.24) is 4.68 Å². The number of fused-ring (bicyclic) bond motifs is 1. The molecule has 3 aromatic carbocycles. The first kappa shape index (κ1) is 19.3. The maximum atomic E-state index is 13.0. The van der Waals surface area contributed by atoms with E-state index in [1.807, 2.05) is 72.9 Å². The van der Waals surface area contributed by atoms with Gasteiger partial charge in [0.2, 0.25) is 0 Å². The second-order valence-electron chi connectivity index (χ2n) is 8.17. The van der Waals surface area contributed by atoms with E-state index in [2.05, 4.69) is 25.6 Å². The zero-order valence-electron chi connectivity index (χ0n) is 16.8. The minimum Gasteiger partial charge on any atom is -0.253 e. The van der Waals surface area contributed by atoms with E-state index in [0.29, 0.717) is 0 Å². The van der Waals surface area contributed by atoms with Crippen molar-refractivity contribution in [3.63, 3.8) is 0 Å². The number of hydrogen-bond donors (Lipinski definition) is 1. The molecule has 4 nitrogen and oxygen atoms in total. The number of rotatable bonds is 4. The molecule has 5 heteroatoms. The summed E-state index contributed by atoms with van der Waals surface area (Å²) in [6.07, 6.45) is 1.83. The summed E-state index contributed by atoms with van der Waals surface area (Å²) < 4.78 is 27.6. The highest BCUT2D eigenvalue weighted by Crippen LogP contribution is 2.30. The van der Waals surface area contributed by atoms with E-state index in [1.165, 1.54) is 0 Å².